The van der Waals surface area contributed by atoms with E-state index < -0.39 is 0 Å². The van der Waals surface area contributed by atoms with Crippen LogP contribution in [0.4, 0.5) is 5.82 Å². The third kappa shape index (κ3) is 2.84. The molecule has 3 aromatic rings. The van der Waals surface area contributed by atoms with Crippen LogP contribution in [0.3, 0.4) is 0 Å². The lowest BCUT2D eigenvalue weighted by molar-refractivity contribution is 0.439. The van der Waals surface area contributed by atoms with Gasteiger partial charge in [0.1, 0.15) is 11.6 Å². The number of aromatic nitrogens is 2. The summed E-state index contributed by atoms with van der Waals surface area (Å²) in [5.74, 6) is 3.53. The van der Waals surface area contributed by atoms with Crippen LogP contribution in [0.2, 0.25) is 5.02 Å². The zero-order chi connectivity index (χ0) is 17.7. The molecule has 2 bridgehead atoms. The summed E-state index contributed by atoms with van der Waals surface area (Å²) < 4.78 is 0. The molecule has 2 fully saturated rings. The molecule has 132 valence electrons. The van der Waals surface area contributed by atoms with Crippen LogP contribution in [0.1, 0.15) is 31.5 Å². The van der Waals surface area contributed by atoms with Gasteiger partial charge in [-0.15, -0.1) is 0 Å². The van der Waals surface area contributed by atoms with Crippen LogP contribution in [0.5, 0.6) is 0 Å². The van der Waals surface area contributed by atoms with Gasteiger partial charge < -0.3 is 5.32 Å². The molecule has 4 heteroatoms. The van der Waals surface area contributed by atoms with Gasteiger partial charge in [-0.25, -0.2) is 9.97 Å². The molecule has 3 nitrogen and oxygen atoms in total. The van der Waals surface area contributed by atoms with Gasteiger partial charge in [-0.1, -0.05) is 36.2 Å². The molecule has 1 heterocycles. The fourth-order valence-electron chi connectivity index (χ4n) is 4.77. The molecule has 0 radical (unpaired) electrons. The molecule has 1 N–H and O–H groups in total. The standard InChI is InChI=1S/C22H22ClN3/c1-13-24-20-9-6-16(15-4-7-18(23)8-5-15)12-19(20)22(25-13)26-21-11-14-2-3-17(21)10-14/h4-9,12,14,17,21H,2-3,10-11H2,1H3,(H,24,25,26)/t14-,17+,21+/m0/s1. The Hall–Kier alpha value is -2.13. The minimum absolute atomic E-state index is 0.561. The van der Waals surface area contributed by atoms with Crippen molar-refractivity contribution < 1.29 is 0 Å². The number of nitrogens with zero attached hydrogens (tertiary/aromatic N) is 2. The second kappa shape index (κ2) is 6.24. The maximum absolute atomic E-state index is 6.03. The first kappa shape index (κ1) is 16.1. The van der Waals surface area contributed by atoms with Crippen LogP contribution in [0, 0.1) is 18.8 Å². The zero-order valence-corrected chi connectivity index (χ0v) is 15.6. The molecule has 0 unspecified atom stereocenters. The third-order valence-electron chi connectivity index (χ3n) is 6.05. The molecule has 0 saturated heterocycles. The summed E-state index contributed by atoms with van der Waals surface area (Å²) >= 11 is 6.03. The molecule has 0 amide bonds. The summed E-state index contributed by atoms with van der Waals surface area (Å²) in [6.07, 6.45) is 5.44. The van der Waals surface area contributed by atoms with E-state index in [1.165, 1.54) is 25.7 Å². The van der Waals surface area contributed by atoms with Crippen molar-refractivity contribution in [2.45, 2.75) is 38.6 Å². The molecule has 2 aliphatic carbocycles. The fourth-order valence-corrected chi connectivity index (χ4v) is 4.90. The van der Waals surface area contributed by atoms with E-state index in [4.69, 9.17) is 16.6 Å². The van der Waals surface area contributed by atoms with Gasteiger partial charge in [-0.3, -0.25) is 0 Å². The van der Waals surface area contributed by atoms with Gasteiger partial charge in [0.15, 0.2) is 0 Å². The average Bonchev–Trinajstić information content (AvgIpc) is 3.25. The first-order valence-electron chi connectivity index (χ1n) is 9.46. The number of anilines is 1. The predicted molar refractivity (Wildman–Crippen MR) is 108 cm³/mol. The van der Waals surface area contributed by atoms with E-state index in [1.807, 2.05) is 19.1 Å². The molecule has 2 saturated carbocycles. The van der Waals surface area contributed by atoms with Gasteiger partial charge in [0.25, 0.3) is 0 Å². The van der Waals surface area contributed by atoms with E-state index in [9.17, 15) is 0 Å². The Bertz CT molecular complexity index is 967. The highest BCUT2D eigenvalue weighted by Gasteiger charge is 2.39. The highest BCUT2D eigenvalue weighted by molar-refractivity contribution is 6.30. The number of rotatable bonds is 3. The molecule has 26 heavy (non-hydrogen) atoms. The van der Waals surface area contributed by atoms with Crippen molar-refractivity contribution in [2.24, 2.45) is 11.8 Å². The molecule has 1 aromatic heterocycles. The minimum Gasteiger partial charge on any atom is -0.366 e. The first-order chi connectivity index (χ1) is 12.7. The van der Waals surface area contributed by atoms with E-state index in [1.54, 1.807) is 0 Å². The third-order valence-corrected chi connectivity index (χ3v) is 6.30. The lowest BCUT2D eigenvalue weighted by atomic mass is 9.95. The van der Waals surface area contributed by atoms with Gasteiger partial charge in [0, 0.05) is 16.5 Å². The number of benzene rings is 2. The summed E-state index contributed by atoms with van der Waals surface area (Å²) in [5, 5.41) is 5.63. The second-order valence-corrected chi connectivity index (χ2v) is 8.22. The SMILES string of the molecule is Cc1nc(N[C@@H]2C[C@H]3CC[C@@H]2C3)c2cc(-c3ccc(Cl)cc3)ccc2n1. The van der Waals surface area contributed by atoms with Gasteiger partial charge in [0.2, 0.25) is 0 Å². The Balaban J connectivity index is 1.55. The van der Waals surface area contributed by atoms with E-state index in [-0.39, 0.29) is 0 Å². The van der Waals surface area contributed by atoms with Crippen LogP contribution in [0.15, 0.2) is 42.5 Å². The topological polar surface area (TPSA) is 37.8 Å². The van der Waals surface area contributed by atoms with Gasteiger partial charge >= 0.3 is 0 Å². The summed E-state index contributed by atoms with van der Waals surface area (Å²) in [4.78, 5) is 9.39. The molecular formula is C22H22ClN3. The number of nitrogens with one attached hydrogen (secondary N) is 1. The van der Waals surface area contributed by atoms with Crippen molar-refractivity contribution >= 4 is 28.3 Å². The Labute approximate surface area is 158 Å². The minimum atomic E-state index is 0.561. The Morgan fingerprint density at radius 2 is 1.77 bits per heavy atom. The molecule has 2 aromatic carbocycles. The molecule has 3 atom stereocenters. The summed E-state index contributed by atoms with van der Waals surface area (Å²) in [5.41, 5.74) is 3.32. The zero-order valence-electron chi connectivity index (χ0n) is 14.9. The van der Waals surface area contributed by atoms with Gasteiger partial charge in [-0.2, -0.15) is 0 Å². The Morgan fingerprint density at radius 1 is 0.962 bits per heavy atom. The largest absolute Gasteiger partial charge is 0.366 e. The van der Waals surface area contributed by atoms with Crippen LogP contribution in [-0.4, -0.2) is 16.0 Å². The van der Waals surface area contributed by atoms with Crippen molar-refractivity contribution in [1.82, 2.24) is 9.97 Å². The Morgan fingerprint density at radius 3 is 2.50 bits per heavy atom. The number of fused-ring (bicyclic) bond motifs is 3. The van der Waals surface area contributed by atoms with E-state index in [0.717, 1.165) is 50.5 Å². The highest BCUT2D eigenvalue weighted by atomic mass is 35.5. The molecule has 0 spiro atoms. The molecule has 5 rings (SSSR count). The number of hydrogen-bond acceptors (Lipinski definition) is 3. The summed E-state index contributed by atoms with van der Waals surface area (Å²) in [6, 6.07) is 15.0. The molecular weight excluding hydrogens is 342 g/mol. The predicted octanol–water partition coefficient (Wildman–Crippen LogP) is 5.86. The average molecular weight is 364 g/mol. The lowest BCUT2D eigenvalue weighted by Crippen LogP contribution is -2.26. The van der Waals surface area contributed by atoms with Crippen LogP contribution in [0.25, 0.3) is 22.0 Å². The van der Waals surface area contributed by atoms with Crippen molar-refractivity contribution in [3.05, 3.63) is 53.3 Å². The quantitative estimate of drug-likeness (QED) is 0.633. The smallest absolute Gasteiger partial charge is 0.137 e. The molecule has 0 aliphatic heterocycles. The van der Waals surface area contributed by atoms with Crippen molar-refractivity contribution in [3.8, 4) is 11.1 Å². The van der Waals surface area contributed by atoms with E-state index >= 15 is 0 Å². The summed E-state index contributed by atoms with van der Waals surface area (Å²) in [7, 11) is 0. The van der Waals surface area contributed by atoms with Crippen LogP contribution in [-0.2, 0) is 0 Å². The summed E-state index contributed by atoms with van der Waals surface area (Å²) in [6.45, 7) is 1.97. The maximum Gasteiger partial charge on any atom is 0.137 e. The maximum atomic E-state index is 6.03. The fraction of sp³-hybridized carbons (Fsp3) is 0.364. The van der Waals surface area contributed by atoms with E-state index in [2.05, 4.69) is 40.6 Å². The number of halogens is 1. The monoisotopic (exact) mass is 363 g/mol. The van der Waals surface area contributed by atoms with Crippen molar-refractivity contribution in [1.29, 1.82) is 0 Å². The van der Waals surface area contributed by atoms with Gasteiger partial charge in [-0.05, 0) is 73.4 Å². The Kier molecular flexibility index (Phi) is 3.86. The second-order valence-electron chi connectivity index (χ2n) is 7.78. The molecule has 2 aliphatic rings. The van der Waals surface area contributed by atoms with Crippen LogP contribution < -0.4 is 5.32 Å². The number of aryl methyl sites for hydroxylation is 1. The number of hydrogen-bond donors (Lipinski definition) is 1. The normalized spacial score (nSPS) is 24.3. The van der Waals surface area contributed by atoms with Crippen molar-refractivity contribution in [3.63, 3.8) is 0 Å². The van der Waals surface area contributed by atoms with Crippen molar-refractivity contribution in [2.75, 3.05) is 5.32 Å². The van der Waals surface area contributed by atoms with Gasteiger partial charge in [0.05, 0.1) is 5.52 Å². The lowest BCUT2D eigenvalue weighted by Gasteiger charge is -2.24. The highest BCUT2D eigenvalue weighted by Crippen LogP contribution is 2.45. The van der Waals surface area contributed by atoms with Crippen LogP contribution >= 0.6 is 11.6 Å². The van der Waals surface area contributed by atoms with E-state index in [0.29, 0.717) is 6.04 Å². The first-order valence-corrected chi connectivity index (χ1v) is 9.84.